The van der Waals surface area contributed by atoms with Crippen LogP contribution < -0.4 is 9.62 Å². The lowest BCUT2D eigenvalue weighted by atomic mass is 10.0. The van der Waals surface area contributed by atoms with Gasteiger partial charge in [0.1, 0.15) is 0 Å². The summed E-state index contributed by atoms with van der Waals surface area (Å²) in [5, 5.41) is 0. The maximum atomic E-state index is 12.9. The maximum absolute atomic E-state index is 12.9. The van der Waals surface area contributed by atoms with Gasteiger partial charge in [-0.15, -0.1) is 0 Å². The van der Waals surface area contributed by atoms with E-state index in [2.05, 4.69) is 4.72 Å². The smallest absolute Gasteiger partial charge is 0.261 e. The van der Waals surface area contributed by atoms with Gasteiger partial charge in [-0.1, -0.05) is 42.5 Å². The lowest BCUT2D eigenvalue weighted by molar-refractivity contribution is -0.117. The van der Waals surface area contributed by atoms with Gasteiger partial charge in [0.25, 0.3) is 10.0 Å². The second-order valence-corrected chi connectivity index (χ2v) is 9.06. The molecule has 1 heterocycles. The third kappa shape index (κ3) is 4.67. The van der Waals surface area contributed by atoms with Crippen molar-refractivity contribution in [2.45, 2.75) is 24.2 Å². The average Bonchev–Trinajstić information content (AvgIpc) is 3.20. The minimum atomic E-state index is -3.90. The summed E-state index contributed by atoms with van der Waals surface area (Å²) in [6.07, 6.45) is 1.49. The van der Waals surface area contributed by atoms with Gasteiger partial charge < -0.3 is 4.90 Å². The number of rotatable bonds is 7. The van der Waals surface area contributed by atoms with E-state index in [-0.39, 0.29) is 28.7 Å². The molecule has 1 N–H and O–H groups in total. The van der Waals surface area contributed by atoms with Crippen LogP contribution >= 0.6 is 0 Å². The highest BCUT2D eigenvalue weighted by Crippen LogP contribution is 2.25. The van der Waals surface area contributed by atoms with Gasteiger partial charge in [0.05, 0.1) is 10.6 Å². The summed E-state index contributed by atoms with van der Waals surface area (Å²) in [7, 11) is -3.90. The third-order valence-corrected chi connectivity index (χ3v) is 6.59. The summed E-state index contributed by atoms with van der Waals surface area (Å²) >= 11 is 0. The Morgan fingerprint density at radius 1 is 0.903 bits per heavy atom. The first kappa shape index (κ1) is 20.8. The van der Waals surface area contributed by atoms with E-state index in [9.17, 15) is 18.0 Å². The first-order valence-corrected chi connectivity index (χ1v) is 11.5. The number of nitrogens with one attached hydrogen (secondary N) is 1. The molecule has 31 heavy (non-hydrogen) atoms. The SMILES string of the molecule is O=C(Cc1ccccc1)c1ccccc1NS(=O)(=O)c1ccc(N2CCCC2=O)cc1. The summed E-state index contributed by atoms with van der Waals surface area (Å²) in [6, 6.07) is 22.1. The number of benzene rings is 3. The predicted octanol–water partition coefficient (Wildman–Crippen LogP) is 4.04. The van der Waals surface area contributed by atoms with Crippen LogP contribution in [0.15, 0.2) is 83.8 Å². The number of anilines is 2. The van der Waals surface area contributed by atoms with Gasteiger partial charge in [-0.25, -0.2) is 8.42 Å². The molecule has 1 aliphatic heterocycles. The van der Waals surface area contributed by atoms with Crippen LogP contribution in [0.1, 0.15) is 28.8 Å². The van der Waals surface area contributed by atoms with E-state index in [0.29, 0.717) is 24.2 Å². The molecule has 1 saturated heterocycles. The molecule has 3 aromatic carbocycles. The number of para-hydroxylation sites is 1. The zero-order valence-corrected chi connectivity index (χ0v) is 17.6. The molecular formula is C24H22N2O4S. The molecule has 0 radical (unpaired) electrons. The summed E-state index contributed by atoms with van der Waals surface area (Å²) in [4.78, 5) is 26.4. The van der Waals surface area contributed by atoms with E-state index in [1.54, 1.807) is 41.3 Å². The van der Waals surface area contributed by atoms with Crippen molar-refractivity contribution in [1.29, 1.82) is 0 Å². The second kappa shape index (κ2) is 8.73. The number of Topliss-reactive ketones (excluding diaryl/α,β-unsaturated/α-hetero) is 1. The molecule has 7 heteroatoms. The van der Waals surface area contributed by atoms with E-state index in [0.717, 1.165) is 12.0 Å². The van der Waals surface area contributed by atoms with Gasteiger partial charge in [-0.3, -0.25) is 14.3 Å². The van der Waals surface area contributed by atoms with Gasteiger partial charge in [0.2, 0.25) is 5.91 Å². The van der Waals surface area contributed by atoms with Crippen molar-refractivity contribution in [3.05, 3.63) is 90.0 Å². The van der Waals surface area contributed by atoms with E-state index in [1.165, 1.54) is 12.1 Å². The lowest BCUT2D eigenvalue weighted by Gasteiger charge is -2.16. The van der Waals surface area contributed by atoms with Crippen molar-refractivity contribution < 1.29 is 18.0 Å². The zero-order valence-electron chi connectivity index (χ0n) is 16.8. The standard InChI is InChI=1S/C24H22N2O4S/c27-23(17-18-7-2-1-3-8-18)21-9-4-5-10-22(21)25-31(29,30)20-14-12-19(13-15-20)26-16-6-11-24(26)28/h1-5,7-10,12-15,25H,6,11,16-17H2. The number of hydrogen-bond acceptors (Lipinski definition) is 4. The Kier molecular flexibility index (Phi) is 5.86. The zero-order chi connectivity index (χ0) is 21.8. The van der Waals surface area contributed by atoms with Crippen LogP contribution in [0.5, 0.6) is 0 Å². The van der Waals surface area contributed by atoms with Crippen molar-refractivity contribution >= 4 is 33.1 Å². The second-order valence-electron chi connectivity index (χ2n) is 7.38. The van der Waals surface area contributed by atoms with Crippen molar-refractivity contribution in [2.24, 2.45) is 0 Å². The summed E-state index contributed by atoms with van der Waals surface area (Å²) < 4.78 is 28.4. The van der Waals surface area contributed by atoms with Gasteiger partial charge >= 0.3 is 0 Å². The lowest BCUT2D eigenvalue weighted by Crippen LogP contribution is -2.23. The number of ketones is 1. The molecule has 0 unspecified atom stereocenters. The van der Waals surface area contributed by atoms with Crippen LogP contribution in [-0.4, -0.2) is 26.7 Å². The van der Waals surface area contributed by atoms with Crippen molar-refractivity contribution in [2.75, 3.05) is 16.2 Å². The summed E-state index contributed by atoms with van der Waals surface area (Å²) in [5.41, 5.74) is 2.09. The topological polar surface area (TPSA) is 83.6 Å². The van der Waals surface area contributed by atoms with Crippen LogP contribution in [0, 0.1) is 0 Å². The largest absolute Gasteiger partial charge is 0.312 e. The molecule has 1 aliphatic rings. The molecule has 1 fully saturated rings. The molecule has 0 bridgehead atoms. The average molecular weight is 435 g/mol. The summed E-state index contributed by atoms with van der Waals surface area (Å²) in [5.74, 6) is -0.132. The number of hydrogen-bond donors (Lipinski definition) is 1. The van der Waals surface area contributed by atoms with Gasteiger partial charge in [-0.2, -0.15) is 0 Å². The number of carbonyl (C=O) groups is 2. The van der Waals surface area contributed by atoms with Crippen LogP contribution in [0.2, 0.25) is 0 Å². The van der Waals surface area contributed by atoms with E-state index in [1.807, 2.05) is 30.3 Å². The van der Waals surface area contributed by atoms with E-state index < -0.39 is 10.0 Å². The van der Waals surface area contributed by atoms with Crippen LogP contribution in [0.4, 0.5) is 11.4 Å². The number of amides is 1. The minimum Gasteiger partial charge on any atom is -0.312 e. The van der Waals surface area contributed by atoms with E-state index >= 15 is 0 Å². The monoisotopic (exact) mass is 434 g/mol. The molecule has 6 nitrogen and oxygen atoms in total. The Hall–Kier alpha value is -3.45. The van der Waals surface area contributed by atoms with Gasteiger partial charge in [0.15, 0.2) is 5.78 Å². The maximum Gasteiger partial charge on any atom is 0.261 e. The van der Waals surface area contributed by atoms with Crippen LogP contribution in [-0.2, 0) is 21.2 Å². The first-order valence-electron chi connectivity index (χ1n) is 10.0. The Bertz CT molecular complexity index is 1210. The number of nitrogens with zero attached hydrogens (tertiary/aromatic N) is 1. The van der Waals surface area contributed by atoms with Crippen molar-refractivity contribution in [3.8, 4) is 0 Å². The van der Waals surface area contributed by atoms with E-state index in [4.69, 9.17) is 0 Å². The normalized spacial score (nSPS) is 13.9. The Morgan fingerprint density at radius 2 is 1.58 bits per heavy atom. The molecule has 0 aromatic heterocycles. The minimum absolute atomic E-state index is 0.0413. The third-order valence-electron chi connectivity index (χ3n) is 5.21. The van der Waals surface area contributed by atoms with Crippen molar-refractivity contribution in [3.63, 3.8) is 0 Å². The van der Waals surface area contributed by atoms with Gasteiger partial charge in [0, 0.05) is 30.6 Å². The first-order chi connectivity index (χ1) is 14.9. The summed E-state index contributed by atoms with van der Waals surface area (Å²) in [6.45, 7) is 0.639. The van der Waals surface area contributed by atoms with Gasteiger partial charge in [-0.05, 0) is 48.4 Å². The molecule has 1 amide bonds. The quantitative estimate of drug-likeness (QED) is 0.569. The molecular weight excluding hydrogens is 412 g/mol. The molecule has 0 aliphatic carbocycles. The molecule has 158 valence electrons. The number of carbonyl (C=O) groups excluding carboxylic acids is 2. The Labute approximate surface area is 181 Å². The van der Waals surface area contributed by atoms with Crippen LogP contribution in [0.3, 0.4) is 0 Å². The highest BCUT2D eigenvalue weighted by molar-refractivity contribution is 7.92. The fraction of sp³-hybridized carbons (Fsp3) is 0.167. The predicted molar refractivity (Wildman–Crippen MR) is 120 cm³/mol. The molecule has 0 spiro atoms. The molecule has 0 saturated carbocycles. The van der Waals surface area contributed by atoms with Crippen LogP contribution in [0.25, 0.3) is 0 Å². The Morgan fingerprint density at radius 3 is 2.26 bits per heavy atom. The molecule has 0 atom stereocenters. The fourth-order valence-corrected chi connectivity index (χ4v) is 4.70. The number of sulfonamides is 1. The molecule has 3 aromatic rings. The Balaban J connectivity index is 1.54. The molecule has 4 rings (SSSR count). The van der Waals surface area contributed by atoms with Crippen molar-refractivity contribution in [1.82, 2.24) is 0 Å². The highest BCUT2D eigenvalue weighted by atomic mass is 32.2. The fourth-order valence-electron chi connectivity index (χ4n) is 3.62. The highest BCUT2D eigenvalue weighted by Gasteiger charge is 2.23.